The molecule has 2 aromatic rings. The average molecular weight is 250 g/mol. The zero-order valence-corrected chi connectivity index (χ0v) is 10.8. The molecule has 1 fully saturated rings. The maximum absolute atomic E-state index is 4.48. The summed E-state index contributed by atoms with van der Waals surface area (Å²) in [5.74, 6) is 0. The van der Waals surface area contributed by atoms with Crippen LogP contribution in [0.15, 0.2) is 17.6 Å². The molecule has 0 saturated heterocycles. The van der Waals surface area contributed by atoms with Crippen molar-refractivity contribution in [3.63, 3.8) is 0 Å². The smallest absolute Gasteiger partial charge is 0.107 e. The van der Waals surface area contributed by atoms with Crippen molar-refractivity contribution in [2.75, 3.05) is 0 Å². The van der Waals surface area contributed by atoms with Crippen molar-refractivity contribution in [3.05, 3.63) is 28.2 Å². The largest absolute Gasteiger partial charge is 0.308 e. The molecule has 4 heteroatoms. The second-order valence-corrected chi connectivity index (χ2v) is 6.24. The summed E-state index contributed by atoms with van der Waals surface area (Å²) in [7, 11) is 0. The van der Waals surface area contributed by atoms with Gasteiger partial charge in [-0.2, -0.15) is 0 Å². The number of rotatable bonds is 4. The van der Waals surface area contributed by atoms with Crippen LogP contribution < -0.4 is 5.32 Å². The third-order valence-corrected chi connectivity index (χ3v) is 4.95. The second-order valence-electron chi connectivity index (χ2n) is 4.21. The Bertz CT molecular complexity index is 483. The van der Waals surface area contributed by atoms with Crippen molar-refractivity contribution in [2.24, 2.45) is 0 Å². The van der Waals surface area contributed by atoms with Gasteiger partial charge in [0.25, 0.3) is 0 Å². The number of aromatic nitrogens is 1. The summed E-state index contributed by atoms with van der Waals surface area (Å²) < 4.78 is 0. The van der Waals surface area contributed by atoms with E-state index < -0.39 is 0 Å². The Morgan fingerprint density at radius 1 is 1.50 bits per heavy atom. The quantitative estimate of drug-likeness (QED) is 0.899. The van der Waals surface area contributed by atoms with E-state index in [9.17, 15) is 0 Å². The summed E-state index contributed by atoms with van der Waals surface area (Å²) in [6, 6.07) is 2.93. The fourth-order valence-corrected chi connectivity index (χ4v) is 3.62. The first-order valence-electron chi connectivity index (χ1n) is 5.55. The molecular weight excluding hydrogens is 236 g/mol. The van der Waals surface area contributed by atoms with Crippen molar-refractivity contribution in [1.29, 1.82) is 0 Å². The lowest BCUT2D eigenvalue weighted by molar-refractivity contribution is 0.684. The average Bonchev–Trinajstić information content (AvgIpc) is 2.82. The van der Waals surface area contributed by atoms with Crippen LogP contribution in [0.2, 0.25) is 0 Å². The van der Waals surface area contributed by atoms with Gasteiger partial charge in [-0.15, -0.1) is 22.7 Å². The van der Waals surface area contributed by atoms with Gasteiger partial charge in [-0.25, -0.2) is 4.98 Å². The predicted octanol–water partition coefficient (Wildman–Crippen LogP) is 3.43. The Morgan fingerprint density at radius 3 is 3.06 bits per heavy atom. The monoisotopic (exact) mass is 250 g/mol. The molecule has 1 N–H and O–H groups in total. The Hall–Kier alpha value is -0.710. The Kier molecular flexibility index (Phi) is 2.79. The topological polar surface area (TPSA) is 24.9 Å². The van der Waals surface area contributed by atoms with Crippen LogP contribution in [-0.2, 0) is 6.54 Å². The molecule has 1 aliphatic carbocycles. The minimum absolute atomic E-state index is 0.760. The van der Waals surface area contributed by atoms with E-state index in [2.05, 4.69) is 28.7 Å². The maximum atomic E-state index is 4.48. The lowest BCUT2D eigenvalue weighted by atomic mass is 10.3. The summed E-state index contributed by atoms with van der Waals surface area (Å²) in [5.41, 5.74) is 1.36. The van der Waals surface area contributed by atoms with Crippen molar-refractivity contribution < 1.29 is 0 Å². The molecule has 0 aliphatic heterocycles. The summed E-state index contributed by atoms with van der Waals surface area (Å²) in [6.45, 7) is 3.09. The predicted molar refractivity (Wildman–Crippen MR) is 70.0 cm³/mol. The zero-order valence-electron chi connectivity index (χ0n) is 9.19. The van der Waals surface area contributed by atoms with Crippen LogP contribution in [0.3, 0.4) is 0 Å². The molecule has 0 unspecified atom stereocenters. The molecule has 0 radical (unpaired) electrons. The maximum Gasteiger partial charge on any atom is 0.107 e. The van der Waals surface area contributed by atoms with Gasteiger partial charge >= 0.3 is 0 Å². The van der Waals surface area contributed by atoms with Gasteiger partial charge in [-0.3, -0.25) is 0 Å². The van der Waals surface area contributed by atoms with Gasteiger partial charge in [0.15, 0.2) is 0 Å². The molecule has 2 heterocycles. The number of nitrogens with zero attached hydrogens (tertiary/aromatic N) is 1. The van der Waals surface area contributed by atoms with E-state index >= 15 is 0 Å². The normalized spacial score (nSPS) is 15.6. The third-order valence-electron chi connectivity index (χ3n) is 2.76. The highest BCUT2D eigenvalue weighted by molar-refractivity contribution is 7.21. The van der Waals surface area contributed by atoms with Crippen LogP contribution in [0.4, 0.5) is 0 Å². The molecule has 0 aromatic carbocycles. The van der Waals surface area contributed by atoms with E-state index in [4.69, 9.17) is 0 Å². The molecule has 1 aliphatic rings. The standard InChI is InChI=1S/C12H14N2S2/c1-8-4-5-15-12(8)10-6-14-11(16-10)7-13-9-2-3-9/h4-6,9,13H,2-3,7H2,1H3. The minimum Gasteiger partial charge on any atom is -0.308 e. The van der Waals surface area contributed by atoms with Crippen molar-refractivity contribution >= 4 is 22.7 Å². The SMILES string of the molecule is Cc1ccsc1-c1cnc(CNC2CC2)s1. The first-order chi connectivity index (χ1) is 7.83. The molecule has 0 amide bonds. The molecule has 0 bridgehead atoms. The molecule has 1 saturated carbocycles. The zero-order chi connectivity index (χ0) is 11.0. The first-order valence-corrected chi connectivity index (χ1v) is 7.25. The van der Waals surface area contributed by atoms with Crippen LogP contribution in [0.5, 0.6) is 0 Å². The first kappa shape index (κ1) is 10.4. The molecule has 84 valence electrons. The van der Waals surface area contributed by atoms with Crippen LogP contribution in [-0.4, -0.2) is 11.0 Å². The molecular formula is C12H14N2S2. The highest BCUT2D eigenvalue weighted by Gasteiger charge is 2.20. The van der Waals surface area contributed by atoms with E-state index in [1.165, 1.54) is 33.2 Å². The highest BCUT2D eigenvalue weighted by atomic mass is 32.1. The fraction of sp³-hybridized carbons (Fsp3) is 0.417. The van der Waals surface area contributed by atoms with E-state index in [0.717, 1.165) is 12.6 Å². The number of hydrogen-bond donors (Lipinski definition) is 1. The van der Waals surface area contributed by atoms with Crippen molar-refractivity contribution in [2.45, 2.75) is 32.4 Å². The van der Waals surface area contributed by atoms with E-state index in [1.807, 2.05) is 17.5 Å². The van der Waals surface area contributed by atoms with Gasteiger partial charge in [0.1, 0.15) is 5.01 Å². The molecule has 0 atom stereocenters. The lowest BCUT2D eigenvalue weighted by Crippen LogP contribution is -2.14. The van der Waals surface area contributed by atoms with E-state index in [1.54, 1.807) is 11.3 Å². The van der Waals surface area contributed by atoms with Gasteiger partial charge < -0.3 is 5.32 Å². The van der Waals surface area contributed by atoms with Gasteiger partial charge in [-0.05, 0) is 36.8 Å². The number of aryl methyl sites for hydroxylation is 1. The van der Waals surface area contributed by atoms with Crippen molar-refractivity contribution in [1.82, 2.24) is 10.3 Å². The molecule has 2 nitrogen and oxygen atoms in total. The minimum atomic E-state index is 0.760. The summed E-state index contributed by atoms with van der Waals surface area (Å²) >= 11 is 3.61. The molecule has 16 heavy (non-hydrogen) atoms. The van der Waals surface area contributed by atoms with Gasteiger partial charge in [0.2, 0.25) is 0 Å². The molecule has 3 rings (SSSR count). The summed E-state index contributed by atoms with van der Waals surface area (Å²) in [4.78, 5) is 7.15. The van der Waals surface area contributed by atoms with Gasteiger partial charge in [0.05, 0.1) is 4.88 Å². The van der Waals surface area contributed by atoms with Crippen LogP contribution in [0, 0.1) is 6.92 Å². The van der Waals surface area contributed by atoms with Crippen LogP contribution in [0.25, 0.3) is 9.75 Å². The van der Waals surface area contributed by atoms with Gasteiger partial charge in [0, 0.05) is 23.7 Å². The summed E-state index contributed by atoms with van der Waals surface area (Å²) in [5, 5.41) is 6.85. The number of thiophene rings is 1. The van der Waals surface area contributed by atoms with Crippen LogP contribution in [0.1, 0.15) is 23.4 Å². The van der Waals surface area contributed by atoms with Gasteiger partial charge in [-0.1, -0.05) is 0 Å². The fourth-order valence-electron chi connectivity index (χ4n) is 1.64. The molecule has 0 spiro atoms. The third kappa shape index (κ3) is 2.19. The second kappa shape index (κ2) is 4.28. The van der Waals surface area contributed by atoms with Crippen LogP contribution >= 0.6 is 22.7 Å². The van der Waals surface area contributed by atoms with Crippen molar-refractivity contribution in [3.8, 4) is 9.75 Å². The number of thiazole rings is 1. The Morgan fingerprint density at radius 2 is 2.38 bits per heavy atom. The highest BCUT2D eigenvalue weighted by Crippen LogP contribution is 2.33. The number of hydrogen-bond acceptors (Lipinski definition) is 4. The number of nitrogens with one attached hydrogen (secondary N) is 1. The summed E-state index contributed by atoms with van der Waals surface area (Å²) in [6.07, 6.45) is 4.68. The van der Waals surface area contributed by atoms with E-state index in [0.29, 0.717) is 0 Å². The Labute approximate surface area is 103 Å². The molecule has 2 aromatic heterocycles. The lowest BCUT2D eigenvalue weighted by Gasteiger charge is -1.97. The Balaban J connectivity index is 1.74. The van der Waals surface area contributed by atoms with E-state index in [-0.39, 0.29) is 0 Å².